The molecule has 2 nitrogen and oxygen atoms in total. The van der Waals surface area contributed by atoms with Crippen LogP contribution in [0.3, 0.4) is 0 Å². The molecule has 1 aliphatic heterocycles. The number of likely N-dealkylation sites (tertiary alicyclic amines) is 1. The highest BCUT2D eigenvalue weighted by Crippen LogP contribution is 2.35. The van der Waals surface area contributed by atoms with Gasteiger partial charge in [0.15, 0.2) is 5.67 Å². The SMILES string of the molecule is C=CC(=O)N1CCC(F)(c2ccccc2)C1. The van der Waals surface area contributed by atoms with Crippen LogP contribution in [-0.4, -0.2) is 23.9 Å². The molecule has 0 saturated carbocycles. The summed E-state index contributed by atoms with van der Waals surface area (Å²) in [7, 11) is 0. The van der Waals surface area contributed by atoms with Crippen LogP contribution in [0.2, 0.25) is 0 Å². The van der Waals surface area contributed by atoms with E-state index in [0.29, 0.717) is 18.5 Å². The van der Waals surface area contributed by atoms with Crippen molar-refractivity contribution >= 4 is 5.91 Å². The van der Waals surface area contributed by atoms with Crippen molar-refractivity contribution in [3.8, 4) is 0 Å². The first-order valence-electron chi connectivity index (χ1n) is 5.31. The van der Waals surface area contributed by atoms with Crippen molar-refractivity contribution in [2.45, 2.75) is 12.1 Å². The molecule has 1 fully saturated rings. The monoisotopic (exact) mass is 219 g/mol. The number of benzene rings is 1. The Morgan fingerprint density at radius 1 is 1.44 bits per heavy atom. The summed E-state index contributed by atoms with van der Waals surface area (Å²) in [6, 6.07) is 9.02. The van der Waals surface area contributed by atoms with Gasteiger partial charge in [0.05, 0.1) is 6.54 Å². The number of nitrogens with zero attached hydrogens (tertiary/aromatic N) is 1. The number of amides is 1. The maximum atomic E-state index is 14.6. The van der Waals surface area contributed by atoms with Crippen LogP contribution in [0.5, 0.6) is 0 Å². The zero-order valence-corrected chi connectivity index (χ0v) is 9.03. The van der Waals surface area contributed by atoms with Gasteiger partial charge >= 0.3 is 0 Å². The van der Waals surface area contributed by atoms with Crippen LogP contribution >= 0.6 is 0 Å². The Labute approximate surface area is 94.4 Å². The van der Waals surface area contributed by atoms with Crippen molar-refractivity contribution in [2.24, 2.45) is 0 Å². The second-order valence-corrected chi connectivity index (χ2v) is 4.05. The second-order valence-electron chi connectivity index (χ2n) is 4.05. The standard InChI is InChI=1S/C13H14FNO/c1-2-12(16)15-9-8-13(14,10-15)11-6-4-3-5-7-11/h2-7H,1,8-10H2. The Bertz CT molecular complexity index is 404. The second kappa shape index (κ2) is 4.08. The molecule has 16 heavy (non-hydrogen) atoms. The van der Waals surface area contributed by atoms with E-state index >= 15 is 0 Å². The lowest BCUT2D eigenvalue weighted by Crippen LogP contribution is -2.30. The summed E-state index contributed by atoms with van der Waals surface area (Å²) in [4.78, 5) is 12.9. The largest absolute Gasteiger partial charge is 0.335 e. The normalized spacial score (nSPS) is 24.4. The van der Waals surface area contributed by atoms with Gasteiger partial charge in [-0.25, -0.2) is 4.39 Å². The van der Waals surface area contributed by atoms with E-state index in [2.05, 4.69) is 6.58 Å². The highest BCUT2D eigenvalue weighted by molar-refractivity contribution is 5.87. The van der Waals surface area contributed by atoms with E-state index in [1.807, 2.05) is 18.2 Å². The van der Waals surface area contributed by atoms with Crippen LogP contribution in [0.1, 0.15) is 12.0 Å². The van der Waals surface area contributed by atoms with Gasteiger partial charge in [0, 0.05) is 13.0 Å². The average Bonchev–Trinajstić information content (AvgIpc) is 2.73. The maximum absolute atomic E-state index is 14.6. The van der Waals surface area contributed by atoms with Gasteiger partial charge in [0.2, 0.25) is 5.91 Å². The van der Waals surface area contributed by atoms with Crippen LogP contribution in [-0.2, 0) is 10.5 Å². The fraction of sp³-hybridized carbons (Fsp3) is 0.308. The van der Waals surface area contributed by atoms with Gasteiger partial charge in [-0.1, -0.05) is 36.9 Å². The maximum Gasteiger partial charge on any atom is 0.246 e. The van der Waals surface area contributed by atoms with Crippen LogP contribution in [0.4, 0.5) is 4.39 Å². The summed E-state index contributed by atoms with van der Waals surface area (Å²) in [6.45, 7) is 3.99. The zero-order chi connectivity index (χ0) is 11.6. The van der Waals surface area contributed by atoms with Crippen LogP contribution in [0, 0.1) is 0 Å². The quantitative estimate of drug-likeness (QED) is 0.699. The Balaban J connectivity index is 2.18. The third kappa shape index (κ3) is 1.85. The van der Waals surface area contributed by atoms with Gasteiger partial charge in [-0.05, 0) is 11.6 Å². The highest BCUT2D eigenvalue weighted by atomic mass is 19.1. The van der Waals surface area contributed by atoms with Gasteiger partial charge in [-0.15, -0.1) is 0 Å². The van der Waals surface area contributed by atoms with Crippen molar-refractivity contribution in [2.75, 3.05) is 13.1 Å². The molecular formula is C13H14FNO. The number of hydrogen-bond donors (Lipinski definition) is 0. The van der Waals surface area contributed by atoms with Crippen LogP contribution < -0.4 is 0 Å². The number of alkyl halides is 1. The summed E-state index contributed by atoms with van der Waals surface area (Å²) >= 11 is 0. The molecule has 0 aromatic heterocycles. The Kier molecular flexibility index (Phi) is 2.77. The van der Waals surface area contributed by atoms with E-state index in [0.717, 1.165) is 0 Å². The number of carbonyl (C=O) groups excluding carboxylic acids is 1. The number of rotatable bonds is 2. The summed E-state index contributed by atoms with van der Waals surface area (Å²) in [6.07, 6.45) is 1.59. The predicted octanol–water partition coefficient (Wildman–Crippen LogP) is 2.27. The smallest absolute Gasteiger partial charge is 0.246 e. The lowest BCUT2D eigenvalue weighted by atomic mass is 9.95. The van der Waals surface area contributed by atoms with E-state index in [1.54, 1.807) is 12.1 Å². The molecule has 1 heterocycles. The first kappa shape index (κ1) is 10.9. The Hall–Kier alpha value is -1.64. The zero-order valence-electron chi connectivity index (χ0n) is 9.03. The molecule has 1 amide bonds. The molecule has 1 aromatic rings. The van der Waals surface area contributed by atoms with Crippen molar-refractivity contribution in [3.63, 3.8) is 0 Å². The van der Waals surface area contributed by atoms with Crippen molar-refractivity contribution in [1.82, 2.24) is 4.90 Å². The average molecular weight is 219 g/mol. The molecular weight excluding hydrogens is 205 g/mol. The minimum Gasteiger partial charge on any atom is -0.335 e. The van der Waals surface area contributed by atoms with Crippen molar-refractivity contribution in [3.05, 3.63) is 48.6 Å². The first-order chi connectivity index (χ1) is 7.65. The molecule has 0 aliphatic carbocycles. The molecule has 1 atom stereocenters. The third-order valence-corrected chi connectivity index (χ3v) is 3.00. The molecule has 84 valence electrons. The summed E-state index contributed by atoms with van der Waals surface area (Å²) in [5, 5.41) is 0. The van der Waals surface area contributed by atoms with E-state index in [-0.39, 0.29) is 12.5 Å². The molecule has 1 saturated heterocycles. The predicted molar refractivity (Wildman–Crippen MR) is 60.6 cm³/mol. The molecule has 0 spiro atoms. The topological polar surface area (TPSA) is 20.3 Å². The van der Waals surface area contributed by atoms with Crippen LogP contribution in [0.15, 0.2) is 43.0 Å². The van der Waals surface area contributed by atoms with E-state index in [4.69, 9.17) is 0 Å². The summed E-state index contributed by atoms with van der Waals surface area (Å²) in [5.74, 6) is -0.199. The first-order valence-corrected chi connectivity index (χ1v) is 5.31. The van der Waals surface area contributed by atoms with E-state index < -0.39 is 5.67 Å². The van der Waals surface area contributed by atoms with Crippen molar-refractivity contribution in [1.29, 1.82) is 0 Å². The molecule has 1 unspecified atom stereocenters. The summed E-state index contributed by atoms with van der Waals surface area (Å²) < 4.78 is 14.6. The fourth-order valence-corrected chi connectivity index (χ4v) is 2.06. The number of hydrogen-bond acceptors (Lipinski definition) is 1. The van der Waals surface area contributed by atoms with E-state index in [9.17, 15) is 9.18 Å². The van der Waals surface area contributed by atoms with Gasteiger partial charge in [0.25, 0.3) is 0 Å². The minimum absolute atomic E-state index is 0.127. The van der Waals surface area contributed by atoms with Gasteiger partial charge in [0.1, 0.15) is 0 Å². The molecule has 1 aliphatic rings. The minimum atomic E-state index is -1.40. The van der Waals surface area contributed by atoms with Crippen molar-refractivity contribution < 1.29 is 9.18 Å². The molecule has 3 heteroatoms. The van der Waals surface area contributed by atoms with Gasteiger partial charge < -0.3 is 4.90 Å². The molecule has 0 bridgehead atoms. The van der Waals surface area contributed by atoms with E-state index in [1.165, 1.54) is 11.0 Å². The molecule has 0 radical (unpaired) electrons. The molecule has 0 N–H and O–H groups in total. The Morgan fingerprint density at radius 3 is 2.75 bits per heavy atom. The van der Waals surface area contributed by atoms with Gasteiger partial charge in [-0.3, -0.25) is 4.79 Å². The molecule has 1 aromatic carbocycles. The fourth-order valence-electron chi connectivity index (χ4n) is 2.06. The number of carbonyl (C=O) groups is 1. The third-order valence-electron chi connectivity index (χ3n) is 3.00. The number of halogens is 1. The summed E-state index contributed by atoms with van der Waals surface area (Å²) in [5.41, 5.74) is -0.755. The lowest BCUT2D eigenvalue weighted by molar-refractivity contribution is -0.125. The Morgan fingerprint density at radius 2 is 2.12 bits per heavy atom. The highest BCUT2D eigenvalue weighted by Gasteiger charge is 2.40. The lowest BCUT2D eigenvalue weighted by Gasteiger charge is -2.20. The molecule has 2 rings (SSSR count). The van der Waals surface area contributed by atoms with Gasteiger partial charge in [-0.2, -0.15) is 0 Å². The van der Waals surface area contributed by atoms with Crippen LogP contribution in [0.25, 0.3) is 0 Å².